The molecule has 0 fully saturated rings. The maximum Gasteiger partial charge on any atom is 0.269 e. The molecule has 0 aliphatic carbocycles. The van der Waals surface area contributed by atoms with Gasteiger partial charge in [0.2, 0.25) is 0 Å². The zero-order valence-corrected chi connectivity index (χ0v) is 12.9. The number of aromatic amines is 1. The van der Waals surface area contributed by atoms with E-state index in [1.165, 1.54) is 23.5 Å². The molecule has 0 aliphatic heterocycles. The van der Waals surface area contributed by atoms with Crippen LogP contribution >= 0.6 is 11.3 Å². The van der Waals surface area contributed by atoms with Gasteiger partial charge in [-0.1, -0.05) is 6.07 Å². The highest BCUT2D eigenvalue weighted by Gasteiger charge is 2.12. The van der Waals surface area contributed by atoms with Crippen molar-refractivity contribution in [2.75, 3.05) is 0 Å². The molecular weight excluding hydrogens is 302 g/mol. The molecule has 0 unspecified atom stereocenters. The molecular formula is C15H13N3O3S. The molecule has 2 heterocycles. The summed E-state index contributed by atoms with van der Waals surface area (Å²) in [6.45, 7) is 3.70. The van der Waals surface area contributed by atoms with Gasteiger partial charge in [-0.15, -0.1) is 11.3 Å². The lowest BCUT2D eigenvalue weighted by atomic mass is 10.0. The summed E-state index contributed by atoms with van der Waals surface area (Å²) in [5.41, 5.74) is 2.55. The van der Waals surface area contributed by atoms with Crippen molar-refractivity contribution in [1.29, 1.82) is 0 Å². The number of benzene rings is 1. The van der Waals surface area contributed by atoms with E-state index in [0.29, 0.717) is 17.6 Å². The van der Waals surface area contributed by atoms with Crippen LogP contribution in [-0.4, -0.2) is 14.9 Å². The largest absolute Gasteiger partial charge is 0.310 e. The third-order valence-electron chi connectivity index (χ3n) is 3.57. The number of nitrogens with zero attached hydrogens (tertiary/aromatic N) is 2. The second-order valence-corrected chi connectivity index (χ2v) is 6.01. The minimum atomic E-state index is -0.419. The van der Waals surface area contributed by atoms with Gasteiger partial charge in [0.15, 0.2) is 0 Å². The van der Waals surface area contributed by atoms with Gasteiger partial charge in [-0.25, -0.2) is 4.98 Å². The van der Waals surface area contributed by atoms with Crippen molar-refractivity contribution < 1.29 is 4.92 Å². The monoisotopic (exact) mass is 315 g/mol. The molecule has 6 nitrogen and oxygen atoms in total. The second kappa shape index (κ2) is 5.34. The molecule has 7 heteroatoms. The number of aromatic nitrogens is 2. The highest BCUT2D eigenvalue weighted by atomic mass is 32.1. The third kappa shape index (κ3) is 2.50. The van der Waals surface area contributed by atoms with E-state index in [1.807, 2.05) is 19.2 Å². The number of nitro groups is 1. The molecule has 3 aromatic rings. The van der Waals surface area contributed by atoms with E-state index in [0.717, 1.165) is 21.5 Å². The molecule has 0 atom stereocenters. The molecule has 0 bridgehead atoms. The third-order valence-corrected chi connectivity index (χ3v) is 4.56. The van der Waals surface area contributed by atoms with Gasteiger partial charge in [0.05, 0.1) is 10.3 Å². The summed E-state index contributed by atoms with van der Waals surface area (Å²) >= 11 is 1.44. The van der Waals surface area contributed by atoms with E-state index in [4.69, 9.17) is 0 Å². The average molecular weight is 315 g/mol. The Labute approximate surface area is 129 Å². The van der Waals surface area contributed by atoms with E-state index in [-0.39, 0.29) is 11.2 Å². The lowest BCUT2D eigenvalue weighted by Gasteiger charge is -2.05. The number of hydrogen-bond acceptors (Lipinski definition) is 5. The first-order chi connectivity index (χ1) is 10.5. The molecule has 0 saturated carbocycles. The molecule has 0 radical (unpaired) electrons. The fourth-order valence-electron chi connectivity index (χ4n) is 2.39. The summed E-state index contributed by atoms with van der Waals surface area (Å²) in [5, 5.41) is 13.3. The number of hydrogen-bond donors (Lipinski definition) is 1. The Bertz CT molecular complexity index is 943. The molecule has 0 spiro atoms. The van der Waals surface area contributed by atoms with Crippen LogP contribution in [0.5, 0.6) is 0 Å². The summed E-state index contributed by atoms with van der Waals surface area (Å²) in [7, 11) is 0. The highest BCUT2D eigenvalue weighted by molar-refractivity contribution is 7.16. The van der Waals surface area contributed by atoms with Crippen molar-refractivity contribution in [2.45, 2.75) is 20.3 Å². The number of nitro benzene ring substituents is 1. The molecule has 0 aliphatic rings. The van der Waals surface area contributed by atoms with E-state index in [9.17, 15) is 14.9 Å². The number of nitrogens with one attached hydrogen (secondary N) is 1. The van der Waals surface area contributed by atoms with Crippen molar-refractivity contribution in [2.24, 2.45) is 0 Å². The highest BCUT2D eigenvalue weighted by Crippen LogP contribution is 2.22. The van der Waals surface area contributed by atoms with Gasteiger partial charge in [-0.2, -0.15) is 0 Å². The van der Waals surface area contributed by atoms with Crippen LogP contribution in [0.25, 0.3) is 10.2 Å². The van der Waals surface area contributed by atoms with Crippen LogP contribution in [-0.2, 0) is 6.42 Å². The Morgan fingerprint density at radius 3 is 2.77 bits per heavy atom. The standard InChI is InChI=1S/C15H13N3O3S/c1-8-5-11(18(20)21)4-3-10(8)6-12-16-14(19)13-9(2)7-22-15(13)17-12/h3-5,7H,6H2,1-2H3,(H,16,17,19). The number of aryl methyl sites for hydroxylation is 2. The maximum absolute atomic E-state index is 12.1. The van der Waals surface area contributed by atoms with E-state index in [2.05, 4.69) is 9.97 Å². The topological polar surface area (TPSA) is 88.9 Å². The summed E-state index contributed by atoms with van der Waals surface area (Å²) < 4.78 is 0. The van der Waals surface area contributed by atoms with Crippen LogP contribution in [0.1, 0.15) is 22.5 Å². The predicted molar refractivity (Wildman–Crippen MR) is 85.6 cm³/mol. The van der Waals surface area contributed by atoms with Gasteiger partial charge in [0, 0.05) is 18.6 Å². The predicted octanol–water partition coefficient (Wildman–Crippen LogP) is 3.10. The van der Waals surface area contributed by atoms with Crippen LogP contribution in [0.2, 0.25) is 0 Å². The first-order valence-electron chi connectivity index (χ1n) is 6.66. The van der Waals surface area contributed by atoms with Crippen molar-refractivity contribution in [3.05, 3.63) is 66.6 Å². The first-order valence-corrected chi connectivity index (χ1v) is 7.54. The second-order valence-electron chi connectivity index (χ2n) is 5.16. The lowest BCUT2D eigenvalue weighted by Crippen LogP contribution is -2.12. The lowest BCUT2D eigenvalue weighted by molar-refractivity contribution is -0.384. The van der Waals surface area contributed by atoms with Gasteiger partial charge < -0.3 is 4.98 Å². The normalized spacial score (nSPS) is 11.0. The fraction of sp³-hybridized carbons (Fsp3) is 0.200. The molecule has 22 heavy (non-hydrogen) atoms. The summed E-state index contributed by atoms with van der Waals surface area (Å²) in [6, 6.07) is 4.70. The number of thiophene rings is 1. The molecule has 1 aromatic carbocycles. The quantitative estimate of drug-likeness (QED) is 0.594. The van der Waals surface area contributed by atoms with Crippen molar-refractivity contribution in [1.82, 2.24) is 9.97 Å². The molecule has 0 amide bonds. The number of fused-ring (bicyclic) bond motifs is 1. The van der Waals surface area contributed by atoms with Crippen LogP contribution in [0.15, 0.2) is 28.4 Å². The summed E-state index contributed by atoms with van der Waals surface area (Å²) in [5.74, 6) is 0.566. The number of non-ortho nitro benzene ring substituents is 1. The molecule has 112 valence electrons. The van der Waals surface area contributed by atoms with Gasteiger partial charge in [-0.05, 0) is 35.9 Å². The minimum absolute atomic E-state index is 0.0621. The zero-order valence-electron chi connectivity index (χ0n) is 12.0. The van der Waals surface area contributed by atoms with Crippen molar-refractivity contribution in [3.8, 4) is 0 Å². The summed E-state index contributed by atoms with van der Waals surface area (Å²) in [6.07, 6.45) is 0.436. The Morgan fingerprint density at radius 1 is 1.32 bits per heavy atom. The van der Waals surface area contributed by atoms with Crippen LogP contribution in [0.4, 0.5) is 5.69 Å². The molecule has 0 saturated heterocycles. The van der Waals surface area contributed by atoms with Crippen LogP contribution < -0.4 is 5.56 Å². The summed E-state index contributed by atoms with van der Waals surface area (Å²) in [4.78, 5) is 30.5. The van der Waals surface area contributed by atoms with E-state index < -0.39 is 4.92 Å². The van der Waals surface area contributed by atoms with Gasteiger partial charge in [0.25, 0.3) is 11.2 Å². The van der Waals surface area contributed by atoms with Gasteiger partial charge >= 0.3 is 0 Å². The number of rotatable bonds is 3. The Kier molecular flexibility index (Phi) is 3.50. The maximum atomic E-state index is 12.1. The Morgan fingerprint density at radius 2 is 2.09 bits per heavy atom. The van der Waals surface area contributed by atoms with Crippen LogP contribution in [0, 0.1) is 24.0 Å². The first kappa shape index (κ1) is 14.4. The average Bonchev–Trinajstić information content (AvgIpc) is 2.83. The SMILES string of the molecule is Cc1cc([N+](=O)[O-])ccc1Cc1nc2scc(C)c2c(=O)[nH]1. The van der Waals surface area contributed by atoms with Crippen molar-refractivity contribution >= 4 is 27.2 Å². The minimum Gasteiger partial charge on any atom is -0.310 e. The number of H-pyrrole nitrogens is 1. The fourth-order valence-corrected chi connectivity index (χ4v) is 3.33. The van der Waals surface area contributed by atoms with Gasteiger partial charge in [0.1, 0.15) is 10.7 Å². The van der Waals surface area contributed by atoms with Gasteiger partial charge in [-0.3, -0.25) is 14.9 Å². The molecule has 2 aromatic heterocycles. The van der Waals surface area contributed by atoms with E-state index in [1.54, 1.807) is 6.07 Å². The molecule has 1 N–H and O–H groups in total. The van der Waals surface area contributed by atoms with E-state index >= 15 is 0 Å². The van der Waals surface area contributed by atoms with Crippen LogP contribution in [0.3, 0.4) is 0 Å². The molecule has 3 rings (SSSR count). The van der Waals surface area contributed by atoms with Crippen molar-refractivity contribution in [3.63, 3.8) is 0 Å². The smallest absolute Gasteiger partial charge is 0.269 e. The Hall–Kier alpha value is -2.54. The Balaban J connectivity index is 2.00. The zero-order chi connectivity index (χ0) is 15.9.